The molecule has 44 heavy (non-hydrogen) atoms. The van der Waals surface area contributed by atoms with E-state index in [0.29, 0.717) is 57.9 Å². The molecule has 1 aromatic carbocycles. The number of nitrogens with zero attached hydrogens (tertiary/aromatic N) is 1. The van der Waals surface area contributed by atoms with Gasteiger partial charge in [0.15, 0.2) is 11.8 Å². The van der Waals surface area contributed by atoms with Gasteiger partial charge in [-0.2, -0.15) is 0 Å². The summed E-state index contributed by atoms with van der Waals surface area (Å²) in [5, 5.41) is 29.0. The first kappa shape index (κ1) is 34.6. The number of anilines is 1. The first-order chi connectivity index (χ1) is 21.2. The highest BCUT2D eigenvalue weighted by Crippen LogP contribution is 2.41. The molecule has 1 aromatic heterocycles. The zero-order chi connectivity index (χ0) is 31.7. The number of hydrogen-bond donors (Lipinski definition) is 5. The highest BCUT2D eigenvalue weighted by atomic mass is 16.5. The van der Waals surface area contributed by atoms with E-state index in [2.05, 4.69) is 16.0 Å². The third-order valence-electron chi connectivity index (χ3n) is 7.52. The quantitative estimate of drug-likeness (QED) is 0.142. The van der Waals surface area contributed by atoms with Gasteiger partial charge in [-0.05, 0) is 49.8 Å². The molecule has 0 spiro atoms. The molecule has 1 aliphatic rings. The van der Waals surface area contributed by atoms with E-state index in [9.17, 15) is 29.4 Å². The van der Waals surface area contributed by atoms with Crippen molar-refractivity contribution >= 4 is 29.2 Å². The van der Waals surface area contributed by atoms with Crippen molar-refractivity contribution in [2.45, 2.75) is 77.2 Å². The molecule has 242 valence electrons. The number of amides is 3. The Morgan fingerprint density at radius 3 is 2.18 bits per heavy atom. The highest BCUT2D eigenvalue weighted by Gasteiger charge is 2.24. The third kappa shape index (κ3) is 12.4. The van der Waals surface area contributed by atoms with Crippen LogP contribution in [0, 0.1) is 0 Å². The minimum absolute atomic E-state index is 0.0223. The summed E-state index contributed by atoms with van der Waals surface area (Å²) in [6, 6.07) is 8.91. The van der Waals surface area contributed by atoms with Crippen molar-refractivity contribution in [3.8, 4) is 11.8 Å². The van der Waals surface area contributed by atoms with E-state index in [-0.39, 0.29) is 67.2 Å². The Balaban J connectivity index is 1.17. The van der Waals surface area contributed by atoms with Crippen molar-refractivity contribution in [1.82, 2.24) is 15.2 Å². The van der Waals surface area contributed by atoms with E-state index in [0.717, 1.165) is 36.8 Å². The topological polar surface area (TPSA) is 168 Å². The minimum atomic E-state index is -0.203. The molecule has 3 rings (SSSR count). The number of carbonyl (C=O) groups excluding carboxylic acids is 4. The van der Waals surface area contributed by atoms with Gasteiger partial charge in [0.25, 0.3) is 0 Å². The van der Waals surface area contributed by atoms with E-state index in [1.807, 2.05) is 12.1 Å². The molecule has 1 heterocycles. The average molecular weight is 615 g/mol. The lowest BCUT2D eigenvalue weighted by Crippen LogP contribution is -2.28. The van der Waals surface area contributed by atoms with Crippen LogP contribution in [-0.2, 0) is 41.6 Å². The number of benzene rings is 1. The van der Waals surface area contributed by atoms with Crippen LogP contribution in [0.15, 0.2) is 30.3 Å². The van der Waals surface area contributed by atoms with Crippen LogP contribution in [0.4, 0.5) is 5.69 Å². The third-order valence-corrected chi connectivity index (χ3v) is 7.52. The van der Waals surface area contributed by atoms with Crippen molar-refractivity contribution in [1.29, 1.82) is 0 Å². The van der Waals surface area contributed by atoms with Gasteiger partial charge in [0.05, 0.1) is 32.8 Å². The van der Waals surface area contributed by atoms with Crippen LogP contribution in [0.3, 0.4) is 0 Å². The van der Waals surface area contributed by atoms with E-state index in [1.54, 1.807) is 18.2 Å². The van der Waals surface area contributed by atoms with Crippen LogP contribution in [0.2, 0.25) is 0 Å². The molecule has 5 N–H and O–H groups in total. The van der Waals surface area contributed by atoms with Crippen molar-refractivity contribution in [2.75, 3.05) is 44.8 Å². The number of aromatic hydroxyl groups is 2. The monoisotopic (exact) mass is 614 g/mol. The first-order valence-electron chi connectivity index (χ1n) is 15.4. The Hall–Kier alpha value is -3.90. The maximum absolute atomic E-state index is 12.2. The van der Waals surface area contributed by atoms with Crippen LogP contribution < -0.4 is 16.0 Å². The second-order valence-electron chi connectivity index (χ2n) is 11.0. The van der Waals surface area contributed by atoms with Gasteiger partial charge < -0.3 is 35.6 Å². The SMILES string of the molecule is CC(=O)CCNC(=O)CCc1ccc(NC(=O)CCOCCOCCNC(=O)CCn2c(O)cc(C3CCCC3)c2O)cc1. The summed E-state index contributed by atoms with van der Waals surface area (Å²) in [6.07, 6.45) is 5.79. The van der Waals surface area contributed by atoms with Gasteiger partial charge in [-0.3, -0.25) is 23.7 Å². The fourth-order valence-electron chi connectivity index (χ4n) is 5.06. The summed E-state index contributed by atoms with van der Waals surface area (Å²) < 4.78 is 12.3. The Labute approximate surface area is 258 Å². The molecule has 1 fully saturated rings. The van der Waals surface area contributed by atoms with Crippen LogP contribution in [0.25, 0.3) is 0 Å². The van der Waals surface area contributed by atoms with Gasteiger partial charge in [-0.15, -0.1) is 0 Å². The molecule has 0 bridgehead atoms. The van der Waals surface area contributed by atoms with Gasteiger partial charge in [0, 0.05) is 56.2 Å². The smallest absolute Gasteiger partial charge is 0.226 e. The molecule has 0 radical (unpaired) electrons. The normalized spacial score (nSPS) is 13.1. The van der Waals surface area contributed by atoms with E-state index in [1.165, 1.54) is 11.5 Å². The Morgan fingerprint density at radius 1 is 0.818 bits per heavy atom. The molecule has 0 atom stereocenters. The Kier molecular flexibility index (Phi) is 14.7. The van der Waals surface area contributed by atoms with E-state index >= 15 is 0 Å². The van der Waals surface area contributed by atoms with E-state index in [4.69, 9.17) is 9.47 Å². The van der Waals surface area contributed by atoms with Gasteiger partial charge in [0.1, 0.15) is 5.78 Å². The number of carbonyl (C=O) groups is 4. The second kappa shape index (κ2) is 18.7. The highest BCUT2D eigenvalue weighted by molar-refractivity contribution is 5.90. The molecule has 12 nitrogen and oxygen atoms in total. The van der Waals surface area contributed by atoms with E-state index < -0.39 is 0 Å². The number of ketones is 1. The van der Waals surface area contributed by atoms with Crippen molar-refractivity contribution in [3.05, 3.63) is 41.5 Å². The Bertz CT molecular complexity index is 1220. The van der Waals surface area contributed by atoms with Gasteiger partial charge in [0.2, 0.25) is 17.7 Å². The standard InChI is InChI=1S/C32H46N4O8/c1-23(37)12-15-33-28(38)11-8-24-6-9-26(10-7-24)35-30(40)14-18-43-20-21-44-19-16-34-29(39)13-17-36-31(41)22-27(32(36)42)25-4-2-3-5-25/h6-7,9-10,22,25,41-42H,2-5,8,11-21H2,1H3,(H,33,38)(H,34,39)(H,35,40). The van der Waals surface area contributed by atoms with Gasteiger partial charge in [-0.1, -0.05) is 25.0 Å². The van der Waals surface area contributed by atoms with Crippen LogP contribution in [-0.4, -0.2) is 77.8 Å². The fraction of sp³-hybridized carbons (Fsp3) is 0.562. The maximum atomic E-state index is 12.2. The van der Waals surface area contributed by atoms with Gasteiger partial charge >= 0.3 is 0 Å². The number of Topliss-reactive ketones (excluding diaryl/α,β-unsaturated/α-hetero) is 1. The molecule has 3 amide bonds. The molecule has 12 heteroatoms. The van der Waals surface area contributed by atoms with Crippen molar-refractivity contribution in [2.24, 2.45) is 0 Å². The summed E-state index contributed by atoms with van der Waals surface area (Å²) in [6.45, 7) is 3.54. The Morgan fingerprint density at radius 2 is 1.48 bits per heavy atom. The number of ether oxygens (including phenoxy) is 2. The molecule has 0 saturated heterocycles. The lowest BCUT2D eigenvalue weighted by molar-refractivity contribution is -0.122. The minimum Gasteiger partial charge on any atom is -0.494 e. The average Bonchev–Trinajstić information content (AvgIpc) is 3.62. The number of nitrogens with one attached hydrogen (secondary N) is 3. The second-order valence-corrected chi connectivity index (χ2v) is 11.0. The van der Waals surface area contributed by atoms with Crippen LogP contribution >= 0.6 is 0 Å². The number of aryl methyl sites for hydroxylation is 1. The molecule has 2 aromatic rings. The summed E-state index contributed by atoms with van der Waals surface area (Å²) in [4.78, 5) is 47.1. The number of hydrogen-bond acceptors (Lipinski definition) is 8. The predicted molar refractivity (Wildman–Crippen MR) is 165 cm³/mol. The predicted octanol–water partition coefficient (Wildman–Crippen LogP) is 3.15. The lowest BCUT2D eigenvalue weighted by atomic mass is 10.0. The maximum Gasteiger partial charge on any atom is 0.226 e. The molecular weight excluding hydrogens is 568 g/mol. The summed E-state index contributed by atoms with van der Waals surface area (Å²) in [5.74, 6) is -0.144. The summed E-state index contributed by atoms with van der Waals surface area (Å²) >= 11 is 0. The van der Waals surface area contributed by atoms with Crippen LogP contribution in [0.5, 0.6) is 11.8 Å². The lowest BCUT2D eigenvalue weighted by Gasteiger charge is -2.10. The zero-order valence-electron chi connectivity index (χ0n) is 25.6. The number of aromatic nitrogens is 1. The van der Waals surface area contributed by atoms with Gasteiger partial charge in [-0.25, -0.2) is 0 Å². The molecule has 1 aliphatic carbocycles. The van der Waals surface area contributed by atoms with Crippen molar-refractivity contribution in [3.63, 3.8) is 0 Å². The van der Waals surface area contributed by atoms with Crippen LogP contribution in [0.1, 0.15) is 75.3 Å². The first-order valence-corrected chi connectivity index (χ1v) is 15.4. The fourth-order valence-corrected chi connectivity index (χ4v) is 5.06. The summed E-state index contributed by atoms with van der Waals surface area (Å²) in [7, 11) is 0. The number of rotatable bonds is 20. The molecular formula is C32H46N4O8. The van der Waals surface area contributed by atoms with Crippen molar-refractivity contribution < 1.29 is 38.9 Å². The molecule has 0 unspecified atom stereocenters. The molecule has 1 saturated carbocycles. The zero-order valence-corrected chi connectivity index (χ0v) is 25.6. The summed E-state index contributed by atoms with van der Waals surface area (Å²) in [5.41, 5.74) is 2.39. The molecule has 0 aliphatic heterocycles. The largest absolute Gasteiger partial charge is 0.494 e.